The van der Waals surface area contributed by atoms with Gasteiger partial charge in [-0.3, -0.25) is 0 Å². The van der Waals surface area contributed by atoms with Gasteiger partial charge < -0.3 is 0 Å². The Balaban J connectivity index is 2.19. The normalized spacial score (nSPS) is 13.8. The Bertz CT molecular complexity index is 476. The van der Waals surface area contributed by atoms with Crippen LogP contribution < -0.4 is 13.4 Å². The molecule has 0 radical (unpaired) electrons. The molecule has 16 heavy (non-hydrogen) atoms. The summed E-state index contributed by atoms with van der Waals surface area (Å²) in [6.07, 6.45) is 0. The van der Waals surface area contributed by atoms with Crippen molar-refractivity contribution in [1.82, 2.24) is 0 Å². The number of hydrogen-bond donors (Lipinski definition) is 0. The molecule has 0 saturated heterocycles. The first-order chi connectivity index (χ1) is 7.90. The average molecular weight is 272 g/mol. The second-order valence-electron chi connectivity index (χ2n) is 3.78. The maximum atomic E-state index is 5.95. The van der Waals surface area contributed by atoms with Crippen LogP contribution in [0.2, 0.25) is 5.21 Å². The zero-order valence-electron chi connectivity index (χ0n) is 9.18. The van der Waals surface area contributed by atoms with Crippen molar-refractivity contribution in [1.29, 1.82) is 0 Å². The van der Waals surface area contributed by atoms with Crippen molar-refractivity contribution in [3.8, 4) is 11.5 Å². The number of fused-ring (bicyclic) bond motifs is 2. The summed E-state index contributed by atoms with van der Waals surface area (Å²) in [6.45, 7) is 2.29. The van der Waals surface area contributed by atoms with Crippen LogP contribution in [0.5, 0.6) is 11.5 Å². The Kier molecular flexibility index (Phi) is 2.49. The van der Waals surface area contributed by atoms with E-state index >= 15 is 0 Å². The molecule has 1 aliphatic rings. The minimum atomic E-state index is -1.10. The maximum absolute atomic E-state index is 5.95. The summed E-state index contributed by atoms with van der Waals surface area (Å²) in [5.74, 6) is 2.14. The van der Waals surface area contributed by atoms with Gasteiger partial charge in [0.15, 0.2) is 0 Å². The van der Waals surface area contributed by atoms with Crippen molar-refractivity contribution in [2.24, 2.45) is 0 Å². The summed E-state index contributed by atoms with van der Waals surface area (Å²) >= 11 is -1.10. The molecule has 0 amide bonds. The molecule has 2 heteroatoms. The van der Waals surface area contributed by atoms with E-state index in [2.05, 4.69) is 55.5 Å². The summed E-state index contributed by atoms with van der Waals surface area (Å²) in [6, 6.07) is 17.0. The molecule has 0 aliphatic carbocycles. The molecular formula is C14H13AsO. The van der Waals surface area contributed by atoms with Crippen LogP contribution >= 0.6 is 0 Å². The van der Waals surface area contributed by atoms with Gasteiger partial charge in [0, 0.05) is 0 Å². The van der Waals surface area contributed by atoms with Crippen molar-refractivity contribution >= 4 is 23.4 Å². The monoisotopic (exact) mass is 272 g/mol. The fourth-order valence-electron chi connectivity index (χ4n) is 2.12. The van der Waals surface area contributed by atoms with Gasteiger partial charge in [-0.2, -0.15) is 0 Å². The third kappa shape index (κ3) is 1.47. The quantitative estimate of drug-likeness (QED) is 0.724. The van der Waals surface area contributed by atoms with Crippen LogP contribution in [0.1, 0.15) is 6.92 Å². The topological polar surface area (TPSA) is 9.23 Å². The third-order valence-corrected chi connectivity index (χ3v) is 8.17. The zero-order chi connectivity index (χ0) is 11.0. The molecule has 0 unspecified atom stereocenters. The first-order valence-corrected chi connectivity index (χ1v) is 8.74. The number of benzene rings is 2. The first-order valence-electron chi connectivity index (χ1n) is 5.53. The molecule has 0 spiro atoms. The summed E-state index contributed by atoms with van der Waals surface area (Å²) in [5, 5.41) is 1.25. The third-order valence-electron chi connectivity index (χ3n) is 2.85. The van der Waals surface area contributed by atoms with Crippen molar-refractivity contribution in [3.05, 3.63) is 48.5 Å². The zero-order valence-corrected chi connectivity index (χ0v) is 11.1. The predicted octanol–water partition coefficient (Wildman–Crippen LogP) is 2.42. The standard InChI is InChI=1S/C14H13AsO/c1-2-15-11-7-3-5-9-13(11)16-14-10-6-4-8-12(14)15/h3-10H,2H2,1H3. The number of hydrogen-bond acceptors (Lipinski definition) is 1. The van der Waals surface area contributed by atoms with Crippen LogP contribution in [0.25, 0.3) is 0 Å². The molecule has 0 aromatic heterocycles. The molecule has 1 aliphatic heterocycles. The van der Waals surface area contributed by atoms with E-state index in [0.29, 0.717) is 0 Å². The van der Waals surface area contributed by atoms with E-state index in [0.717, 1.165) is 11.5 Å². The number of para-hydroxylation sites is 2. The predicted molar refractivity (Wildman–Crippen MR) is 68.5 cm³/mol. The van der Waals surface area contributed by atoms with Gasteiger partial charge in [-0.05, 0) is 0 Å². The molecule has 80 valence electrons. The summed E-state index contributed by atoms with van der Waals surface area (Å²) in [5.41, 5.74) is 0. The van der Waals surface area contributed by atoms with Crippen molar-refractivity contribution in [2.45, 2.75) is 12.1 Å². The molecule has 2 aromatic rings. The fraction of sp³-hybridized carbons (Fsp3) is 0.143. The molecule has 0 saturated carbocycles. The van der Waals surface area contributed by atoms with Crippen LogP contribution in [-0.4, -0.2) is 14.7 Å². The van der Waals surface area contributed by atoms with Gasteiger partial charge in [0.25, 0.3) is 0 Å². The molecule has 3 rings (SSSR count). The second-order valence-corrected chi connectivity index (χ2v) is 8.93. The summed E-state index contributed by atoms with van der Waals surface area (Å²) < 4.78 is 8.86. The van der Waals surface area contributed by atoms with Gasteiger partial charge in [0.2, 0.25) is 0 Å². The van der Waals surface area contributed by atoms with E-state index < -0.39 is 14.7 Å². The first kappa shape index (κ1) is 9.98. The van der Waals surface area contributed by atoms with E-state index in [1.807, 2.05) is 0 Å². The van der Waals surface area contributed by atoms with E-state index in [4.69, 9.17) is 4.74 Å². The second kappa shape index (κ2) is 3.99. The van der Waals surface area contributed by atoms with Crippen molar-refractivity contribution < 1.29 is 4.74 Å². The van der Waals surface area contributed by atoms with Gasteiger partial charge in [-0.25, -0.2) is 0 Å². The molecule has 1 heterocycles. The molecule has 0 fully saturated rings. The van der Waals surface area contributed by atoms with E-state index in [1.165, 1.54) is 13.9 Å². The van der Waals surface area contributed by atoms with Gasteiger partial charge >= 0.3 is 100 Å². The van der Waals surface area contributed by atoms with Crippen LogP contribution in [0.4, 0.5) is 0 Å². The molecule has 0 atom stereocenters. The van der Waals surface area contributed by atoms with Crippen LogP contribution in [-0.2, 0) is 0 Å². The van der Waals surface area contributed by atoms with Crippen LogP contribution in [0.15, 0.2) is 48.5 Å². The van der Waals surface area contributed by atoms with E-state index in [-0.39, 0.29) is 0 Å². The van der Waals surface area contributed by atoms with Crippen molar-refractivity contribution in [3.63, 3.8) is 0 Å². The Morgan fingerprint density at radius 1 is 0.875 bits per heavy atom. The van der Waals surface area contributed by atoms with E-state index in [1.54, 1.807) is 0 Å². The van der Waals surface area contributed by atoms with Crippen molar-refractivity contribution in [2.75, 3.05) is 0 Å². The fourth-order valence-corrected chi connectivity index (χ4v) is 6.83. The Morgan fingerprint density at radius 3 is 1.88 bits per heavy atom. The van der Waals surface area contributed by atoms with Gasteiger partial charge in [0.1, 0.15) is 0 Å². The summed E-state index contributed by atoms with van der Waals surface area (Å²) in [7, 11) is 0. The number of rotatable bonds is 1. The van der Waals surface area contributed by atoms with Gasteiger partial charge in [-0.15, -0.1) is 0 Å². The summed E-state index contributed by atoms with van der Waals surface area (Å²) in [4.78, 5) is 0. The van der Waals surface area contributed by atoms with Crippen LogP contribution in [0.3, 0.4) is 0 Å². The average Bonchev–Trinajstić information content (AvgIpc) is 2.36. The molecule has 2 aromatic carbocycles. The molecule has 1 nitrogen and oxygen atoms in total. The molecule has 0 bridgehead atoms. The van der Waals surface area contributed by atoms with Crippen LogP contribution in [0, 0.1) is 0 Å². The Labute approximate surface area is 100 Å². The van der Waals surface area contributed by atoms with Gasteiger partial charge in [-0.1, -0.05) is 0 Å². The molecule has 0 N–H and O–H groups in total. The Hall–Kier alpha value is -1.20. The van der Waals surface area contributed by atoms with E-state index in [9.17, 15) is 0 Å². The minimum absolute atomic E-state index is 1.07. The molecular weight excluding hydrogens is 259 g/mol. The van der Waals surface area contributed by atoms with Gasteiger partial charge in [0.05, 0.1) is 0 Å². The SMILES string of the molecule is CC[As]1c2ccccc2Oc2ccccc21. The Morgan fingerprint density at radius 2 is 1.38 bits per heavy atom. The number of ether oxygens (including phenoxy) is 1.